The molecular formula is C20H35N3O3. The summed E-state index contributed by atoms with van der Waals surface area (Å²) in [6.45, 7) is 8.39. The third-order valence-corrected chi connectivity index (χ3v) is 5.53. The van der Waals surface area contributed by atoms with Crippen LogP contribution in [0.4, 0.5) is 0 Å². The fourth-order valence-electron chi connectivity index (χ4n) is 3.70. The summed E-state index contributed by atoms with van der Waals surface area (Å²) in [7, 11) is 0. The maximum Gasteiger partial charge on any atom is 0.225 e. The molecule has 3 amide bonds. The van der Waals surface area contributed by atoms with E-state index in [1.165, 1.54) is 25.7 Å². The third kappa shape index (κ3) is 6.29. The summed E-state index contributed by atoms with van der Waals surface area (Å²) in [4.78, 5) is 40.2. The summed E-state index contributed by atoms with van der Waals surface area (Å²) < 4.78 is 0. The molecule has 1 saturated carbocycles. The molecule has 0 atom stereocenters. The summed E-state index contributed by atoms with van der Waals surface area (Å²) in [6.07, 6.45) is 7.18. The zero-order valence-electron chi connectivity index (χ0n) is 16.7. The second-order valence-corrected chi connectivity index (χ2v) is 8.71. The molecule has 1 aliphatic carbocycles. The maximum atomic E-state index is 12.3. The van der Waals surface area contributed by atoms with E-state index < -0.39 is 5.41 Å². The van der Waals surface area contributed by atoms with E-state index in [2.05, 4.69) is 5.32 Å². The number of carbonyl (C=O) groups excluding carboxylic acids is 3. The van der Waals surface area contributed by atoms with E-state index in [4.69, 9.17) is 0 Å². The van der Waals surface area contributed by atoms with Crippen molar-refractivity contribution < 1.29 is 14.4 Å². The van der Waals surface area contributed by atoms with Gasteiger partial charge in [0.2, 0.25) is 17.7 Å². The molecule has 26 heavy (non-hydrogen) atoms. The van der Waals surface area contributed by atoms with Crippen LogP contribution < -0.4 is 5.32 Å². The Bertz CT molecular complexity index is 499. The van der Waals surface area contributed by atoms with Crippen LogP contribution in [0.5, 0.6) is 0 Å². The van der Waals surface area contributed by atoms with Crippen molar-refractivity contribution in [1.82, 2.24) is 15.1 Å². The van der Waals surface area contributed by atoms with Crippen LogP contribution in [0, 0.1) is 11.3 Å². The van der Waals surface area contributed by atoms with Gasteiger partial charge in [-0.15, -0.1) is 0 Å². The first-order chi connectivity index (χ1) is 12.3. The molecule has 0 unspecified atom stereocenters. The fourth-order valence-corrected chi connectivity index (χ4v) is 3.70. The topological polar surface area (TPSA) is 69.7 Å². The van der Waals surface area contributed by atoms with Crippen LogP contribution in [0.25, 0.3) is 0 Å². The van der Waals surface area contributed by atoms with Gasteiger partial charge in [0.25, 0.3) is 0 Å². The van der Waals surface area contributed by atoms with Crippen LogP contribution in [0.15, 0.2) is 0 Å². The van der Waals surface area contributed by atoms with Gasteiger partial charge in [-0.1, -0.05) is 46.5 Å². The Morgan fingerprint density at radius 3 is 1.88 bits per heavy atom. The highest BCUT2D eigenvalue weighted by molar-refractivity contribution is 5.82. The SMILES string of the molecule is CC(C)(C)C(=O)NCCC(=O)N1CCN(C(=O)CCC2CCCC2)CC1. The summed E-state index contributed by atoms with van der Waals surface area (Å²) in [5.41, 5.74) is -0.437. The number of nitrogens with one attached hydrogen (secondary N) is 1. The molecule has 1 saturated heterocycles. The summed E-state index contributed by atoms with van der Waals surface area (Å²) >= 11 is 0. The zero-order valence-corrected chi connectivity index (χ0v) is 16.7. The van der Waals surface area contributed by atoms with Gasteiger partial charge >= 0.3 is 0 Å². The number of nitrogens with zero attached hydrogens (tertiary/aromatic N) is 2. The van der Waals surface area contributed by atoms with Crippen molar-refractivity contribution in [3.05, 3.63) is 0 Å². The van der Waals surface area contributed by atoms with Crippen molar-refractivity contribution in [2.24, 2.45) is 11.3 Å². The molecule has 0 radical (unpaired) electrons. The predicted octanol–water partition coefficient (Wildman–Crippen LogP) is 2.18. The summed E-state index contributed by atoms with van der Waals surface area (Å²) in [5, 5.41) is 2.81. The highest BCUT2D eigenvalue weighted by atomic mass is 16.2. The van der Waals surface area contributed by atoms with Gasteiger partial charge in [0.15, 0.2) is 0 Å². The van der Waals surface area contributed by atoms with E-state index in [1.807, 2.05) is 30.6 Å². The molecule has 2 fully saturated rings. The van der Waals surface area contributed by atoms with Crippen LogP contribution in [0.1, 0.15) is 65.7 Å². The molecule has 0 bridgehead atoms. The van der Waals surface area contributed by atoms with Crippen LogP contribution in [-0.2, 0) is 14.4 Å². The molecule has 0 aromatic rings. The second kappa shape index (κ2) is 9.38. The Hall–Kier alpha value is -1.59. The monoisotopic (exact) mass is 365 g/mol. The minimum Gasteiger partial charge on any atom is -0.355 e. The molecule has 0 aromatic carbocycles. The number of piperazine rings is 1. The van der Waals surface area contributed by atoms with E-state index in [1.54, 1.807) is 0 Å². The smallest absolute Gasteiger partial charge is 0.225 e. The van der Waals surface area contributed by atoms with Crippen molar-refractivity contribution in [3.8, 4) is 0 Å². The van der Waals surface area contributed by atoms with Gasteiger partial charge < -0.3 is 15.1 Å². The van der Waals surface area contributed by atoms with Crippen molar-refractivity contribution in [2.75, 3.05) is 32.7 Å². The molecule has 1 heterocycles. The summed E-state index contributed by atoms with van der Waals surface area (Å²) in [6, 6.07) is 0. The molecule has 6 nitrogen and oxygen atoms in total. The van der Waals surface area contributed by atoms with E-state index in [9.17, 15) is 14.4 Å². The van der Waals surface area contributed by atoms with Crippen LogP contribution in [0.2, 0.25) is 0 Å². The van der Waals surface area contributed by atoms with Crippen LogP contribution in [-0.4, -0.2) is 60.2 Å². The standard InChI is InChI=1S/C20H35N3O3/c1-20(2,3)19(26)21-11-10-18(25)23-14-12-22(13-15-23)17(24)9-8-16-6-4-5-7-16/h16H,4-15H2,1-3H3,(H,21,26). The number of hydrogen-bond acceptors (Lipinski definition) is 3. The lowest BCUT2D eigenvalue weighted by atomic mass is 9.96. The van der Waals surface area contributed by atoms with Gasteiger partial charge in [0.1, 0.15) is 0 Å². The van der Waals surface area contributed by atoms with Gasteiger partial charge in [0, 0.05) is 51.0 Å². The van der Waals surface area contributed by atoms with Gasteiger partial charge in [-0.3, -0.25) is 14.4 Å². The molecule has 0 aromatic heterocycles. The van der Waals surface area contributed by atoms with E-state index >= 15 is 0 Å². The lowest BCUT2D eigenvalue weighted by Gasteiger charge is -2.35. The molecule has 148 valence electrons. The van der Waals surface area contributed by atoms with Gasteiger partial charge in [-0.2, -0.15) is 0 Å². The first-order valence-electron chi connectivity index (χ1n) is 10.1. The van der Waals surface area contributed by atoms with Crippen molar-refractivity contribution in [3.63, 3.8) is 0 Å². The quantitative estimate of drug-likeness (QED) is 0.784. The Labute approximate surface area is 157 Å². The molecule has 2 rings (SSSR count). The summed E-state index contributed by atoms with van der Waals surface area (Å²) in [5.74, 6) is 0.992. The van der Waals surface area contributed by atoms with Gasteiger partial charge in [-0.05, 0) is 12.3 Å². The number of hydrogen-bond donors (Lipinski definition) is 1. The lowest BCUT2D eigenvalue weighted by Crippen LogP contribution is -2.51. The largest absolute Gasteiger partial charge is 0.355 e. The number of amides is 3. The van der Waals surface area contributed by atoms with Crippen LogP contribution in [0.3, 0.4) is 0 Å². The normalized spacial score (nSPS) is 18.9. The Balaban J connectivity index is 1.63. The minimum absolute atomic E-state index is 0.0389. The van der Waals surface area contributed by atoms with Gasteiger partial charge in [0.05, 0.1) is 0 Å². The van der Waals surface area contributed by atoms with Gasteiger partial charge in [-0.25, -0.2) is 0 Å². The van der Waals surface area contributed by atoms with E-state index in [0.29, 0.717) is 45.6 Å². The fraction of sp³-hybridized carbons (Fsp3) is 0.850. The average Bonchev–Trinajstić information content (AvgIpc) is 3.12. The maximum absolute atomic E-state index is 12.3. The Morgan fingerprint density at radius 2 is 1.38 bits per heavy atom. The van der Waals surface area contributed by atoms with Crippen LogP contribution >= 0.6 is 0 Å². The lowest BCUT2D eigenvalue weighted by molar-refractivity contribution is -0.139. The van der Waals surface area contributed by atoms with Crippen molar-refractivity contribution in [2.45, 2.75) is 65.7 Å². The Kier molecular flexibility index (Phi) is 7.47. The molecule has 6 heteroatoms. The number of rotatable bonds is 6. The first kappa shape index (κ1) is 20.7. The first-order valence-corrected chi connectivity index (χ1v) is 10.1. The van der Waals surface area contributed by atoms with Crippen molar-refractivity contribution in [1.29, 1.82) is 0 Å². The highest BCUT2D eigenvalue weighted by Gasteiger charge is 2.25. The Morgan fingerprint density at radius 1 is 0.885 bits per heavy atom. The number of carbonyl (C=O) groups is 3. The average molecular weight is 366 g/mol. The zero-order chi connectivity index (χ0) is 19.2. The molecule has 2 aliphatic rings. The molecule has 1 aliphatic heterocycles. The predicted molar refractivity (Wildman–Crippen MR) is 101 cm³/mol. The third-order valence-electron chi connectivity index (χ3n) is 5.53. The van der Waals surface area contributed by atoms with E-state index in [-0.39, 0.29) is 17.7 Å². The molecular weight excluding hydrogens is 330 g/mol. The second-order valence-electron chi connectivity index (χ2n) is 8.71. The van der Waals surface area contributed by atoms with Crippen molar-refractivity contribution >= 4 is 17.7 Å². The van der Waals surface area contributed by atoms with E-state index in [0.717, 1.165) is 12.3 Å². The molecule has 1 N–H and O–H groups in total. The molecule has 0 spiro atoms. The highest BCUT2D eigenvalue weighted by Crippen LogP contribution is 2.28. The minimum atomic E-state index is -0.437.